The standard InChI is InChI=1S/C29H38N4O9S/c1-16-10-6-9-13-22(16)39-15-24-31-33(29(43)32(24)21-11-7-8-12-21)28-25(30-17(2)34)27(41-20(5)37)26(40-19(4)36)23(42-28)14-38-18(3)35/h6,9-10,13,21,23,25-28H,7-8,11-12,14-15H2,1-5H3,(H,30,34)/t23-,25-,26-,27-,28-/m1/s1. The number of amides is 1. The van der Waals surface area contributed by atoms with E-state index in [-0.39, 0.29) is 19.3 Å². The van der Waals surface area contributed by atoms with Crippen LogP contribution >= 0.6 is 12.2 Å². The van der Waals surface area contributed by atoms with E-state index in [0.29, 0.717) is 16.3 Å². The lowest BCUT2D eigenvalue weighted by Crippen LogP contribution is -2.64. The summed E-state index contributed by atoms with van der Waals surface area (Å²) >= 11 is 5.96. The summed E-state index contributed by atoms with van der Waals surface area (Å²) in [5.74, 6) is -1.17. The number of carbonyl (C=O) groups excluding carboxylic acids is 4. The highest BCUT2D eigenvalue weighted by molar-refractivity contribution is 7.71. The molecule has 2 aromatic rings. The van der Waals surface area contributed by atoms with Crippen molar-refractivity contribution in [3.05, 3.63) is 40.4 Å². The zero-order valence-electron chi connectivity index (χ0n) is 24.9. The number of rotatable bonds is 10. The molecule has 1 N–H and O–H groups in total. The first kappa shape index (κ1) is 32.1. The molecule has 1 saturated heterocycles. The Morgan fingerprint density at radius 2 is 1.65 bits per heavy atom. The number of aryl methyl sites for hydroxylation is 1. The first-order valence-corrected chi connectivity index (χ1v) is 14.7. The van der Waals surface area contributed by atoms with Crippen LogP contribution in [0.25, 0.3) is 0 Å². The molecule has 1 aliphatic carbocycles. The van der Waals surface area contributed by atoms with Crippen molar-refractivity contribution in [2.45, 2.75) is 104 Å². The van der Waals surface area contributed by atoms with Gasteiger partial charge in [0.2, 0.25) is 10.7 Å². The topological polar surface area (TPSA) is 149 Å². The SMILES string of the molecule is CC(=O)N[C@@H]1[C@@H](OC(C)=O)[C@H](OC(C)=O)[C@@H](COC(C)=O)O[C@H]1n1nc(COc2ccccc2C)n(C2CCCC2)c1=S. The molecule has 234 valence electrons. The van der Waals surface area contributed by atoms with Crippen LogP contribution in [-0.2, 0) is 44.7 Å². The zero-order chi connectivity index (χ0) is 31.3. The molecule has 0 unspecified atom stereocenters. The molecule has 14 heteroatoms. The molecule has 1 amide bonds. The fourth-order valence-electron chi connectivity index (χ4n) is 5.61. The van der Waals surface area contributed by atoms with E-state index in [1.54, 1.807) is 0 Å². The van der Waals surface area contributed by atoms with Gasteiger partial charge in [0.25, 0.3) is 0 Å². The number of aromatic nitrogens is 3. The minimum Gasteiger partial charge on any atom is -0.485 e. The number of carbonyl (C=O) groups is 4. The minimum atomic E-state index is -1.23. The van der Waals surface area contributed by atoms with Gasteiger partial charge in [0.15, 0.2) is 24.3 Å². The summed E-state index contributed by atoms with van der Waals surface area (Å²) in [6.45, 7) is 6.64. The predicted octanol–water partition coefficient (Wildman–Crippen LogP) is 3.25. The van der Waals surface area contributed by atoms with Crippen molar-refractivity contribution < 1.29 is 42.9 Å². The van der Waals surface area contributed by atoms with Crippen LogP contribution in [0, 0.1) is 11.7 Å². The molecule has 1 aromatic carbocycles. The largest absolute Gasteiger partial charge is 0.485 e. The van der Waals surface area contributed by atoms with Crippen LogP contribution in [0.3, 0.4) is 0 Å². The maximum atomic E-state index is 12.4. The van der Waals surface area contributed by atoms with E-state index in [9.17, 15) is 19.2 Å². The van der Waals surface area contributed by atoms with Gasteiger partial charge in [-0.3, -0.25) is 23.7 Å². The molecule has 4 rings (SSSR count). The fraction of sp³-hybridized carbons (Fsp3) is 0.586. The highest BCUT2D eigenvalue weighted by atomic mass is 32.1. The van der Waals surface area contributed by atoms with Gasteiger partial charge in [0, 0.05) is 33.7 Å². The smallest absolute Gasteiger partial charge is 0.303 e. The lowest BCUT2D eigenvalue weighted by atomic mass is 9.95. The molecule has 0 bridgehead atoms. The number of nitrogens with zero attached hydrogens (tertiary/aromatic N) is 3. The van der Waals surface area contributed by atoms with Crippen LogP contribution in [0.15, 0.2) is 24.3 Å². The summed E-state index contributed by atoms with van der Waals surface area (Å²) in [6.07, 6.45) is -0.792. The maximum absolute atomic E-state index is 12.4. The summed E-state index contributed by atoms with van der Waals surface area (Å²) in [5, 5.41) is 7.61. The molecule has 0 radical (unpaired) electrons. The van der Waals surface area contributed by atoms with E-state index in [4.69, 9.17) is 41.0 Å². The number of nitrogens with one attached hydrogen (secondary N) is 1. The molecule has 2 heterocycles. The molecular formula is C29H38N4O9S. The van der Waals surface area contributed by atoms with Gasteiger partial charge >= 0.3 is 17.9 Å². The second-order valence-electron chi connectivity index (χ2n) is 10.7. The summed E-state index contributed by atoms with van der Waals surface area (Å²) < 4.78 is 32.6. The lowest BCUT2D eigenvalue weighted by molar-refractivity contribution is -0.239. The summed E-state index contributed by atoms with van der Waals surface area (Å²) in [5.41, 5.74) is 0.961. The van der Waals surface area contributed by atoms with Gasteiger partial charge in [0.1, 0.15) is 31.1 Å². The molecule has 1 aromatic heterocycles. The molecule has 43 heavy (non-hydrogen) atoms. The van der Waals surface area contributed by atoms with Crippen LogP contribution in [0.4, 0.5) is 0 Å². The van der Waals surface area contributed by atoms with E-state index in [2.05, 4.69) is 5.32 Å². The molecule has 13 nitrogen and oxygen atoms in total. The van der Waals surface area contributed by atoms with E-state index in [1.165, 1.54) is 32.4 Å². The third-order valence-corrected chi connectivity index (χ3v) is 7.76. The van der Waals surface area contributed by atoms with E-state index >= 15 is 0 Å². The Bertz CT molecular complexity index is 1400. The maximum Gasteiger partial charge on any atom is 0.303 e. The Labute approximate surface area is 254 Å². The second kappa shape index (κ2) is 14.1. The number of ether oxygens (including phenoxy) is 5. The number of benzene rings is 1. The quantitative estimate of drug-likeness (QED) is 0.238. The molecule has 2 aliphatic rings. The van der Waals surface area contributed by atoms with Crippen molar-refractivity contribution in [2.75, 3.05) is 6.61 Å². The summed E-state index contributed by atoms with van der Waals surface area (Å²) in [7, 11) is 0. The molecule has 0 spiro atoms. The summed E-state index contributed by atoms with van der Waals surface area (Å²) in [6, 6.07) is 6.63. The molecule has 2 fully saturated rings. The van der Waals surface area contributed by atoms with Crippen LogP contribution in [0.2, 0.25) is 0 Å². The Hall–Kier alpha value is -3.78. The average molecular weight is 619 g/mol. The third kappa shape index (κ3) is 7.79. The van der Waals surface area contributed by atoms with Crippen molar-refractivity contribution in [3.8, 4) is 5.75 Å². The molecule has 5 atom stereocenters. The molecule has 1 aliphatic heterocycles. The monoisotopic (exact) mass is 618 g/mol. The van der Waals surface area contributed by atoms with Gasteiger partial charge in [-0.15, -0.1) is 0 Å². The Balaban J connectivity index is 1.81. The van der Waals surface area contributed by atoms with Gasteiger partial charge in [-0.05, 0) is 43.6 Å². The Morgan fingerprint density at radius 1 is 1.00 bits per heavy atom. The third-order valence-electron chi connectivity index (χ3n) is 7.38. The lowest BCUT2D eigenvalue weighted by Gasteiger charge is -2.45. The number of esters is 3. The summed E-state index contributed by atoms with van der Waals surface area (Å²) in [4.78, 5) is 48.5. The van der Waals surface area contributed by atoms with E-state index < -0.39 is 54.4 Å². The van der Waals surface area contributed by atoms with Gasteiger partial charge in [-0.2, -0.15) is 5.10 Å². The van der Waals surface area contributed by atoms with Crippen LogP contribution < -0.4 is 10.1 Å². The first-order valence-electron chi connectivity index (χ1n) is 14.2. The highest BCUT2D eigenvalue weighted by Gasteiger charge is 2.52. The number of para-hydroxylation sites is 1. The van der Waals surface area contributed by atoms with Crippen LogP contribution in [0.1, 0.15) is 77.0 Å². The van der Waals surface area contributed by atoms with E-state index in [0.717, 1.165) is 31.2 Å². The van der Waals surface area contributed by atoms with Gasteiger partial charge < -0.3 is 29.0 Å². The average Bonchev–Trinajstić information content (AvgIpc) is 3.56. The van der Waals surface area contributed by atoms with Crippen molar-refractivity contribution in [3.63, 3.8) is 0 Å². The minimum absolute atomic E-state index is 0.0782. The zero-order valence-corrected chi connectivity index (χ0v) is 25.8. The second-order valence-corrected chi connectivity index (χ2v) is 11.1. The van der Waals surface area contributed by atoms with Gasteiger partial charge in [-0.1, -0.05) is 31.0 Å². The Morgan fingerprint density at radius 3 is 2.26 bits per heavy atom. The van der Waals surface area contributed by atoms with Crippen LogP contribution in [0.5, 0.6) is 5.75 Å². The van der Waals surface area contributed by atoms with Crippen molar-refractivity contribution in [1.82, 2.24) is 19.7 Å². The predicted molar refractivity (Wildman–Crippen MR) is 153 cm³/mol. The van der Waals surface area contributed by atoms with Gasteiger partial charge in [-0.25, -0.2) is 4.68 Å². The van der Waals surface area contributed by atoms with Crippen molar-refractivity contribution in [2.24, 2.45) is 0 Å². The van der Waals surface area contributed by atoms with Gasteiger partial charge in [0.05, 0.1) is 0 Å². The van der Waals surface area contributed by atoms with Crippen LogP contribution in [-0.4, -0.2) is 69.1 Å². The first-order chi connectivity index (χ1) is 20.5. The Kier molecular flexibility index (Phi) is 10.6. The molecule has 1 saturated carbocycles. The van der Waals surface area contributed by atoms with Crippen molar-refractivity contribution >= 4 is 36.0 Å². The molecular weight excluding hydrogens is 580 g/mol. The van der Waals surface area contributed by atoms with Crippen molar-refractivity contribution in [1.29, 1.82) is 0 Å². The highest BCUT2D eigenvalue weighted by Crippen LogP contribution is 2.36. The normalized spacial score (nSPS) is 23.8. The fourth-order valence-corrected chi connectivity index (χ4v) is 6.01. The number of hydrogen-bond acceptors (Lipinski definition) is 11. The number of hydrogen-bond donors (Lipinski definition) is 1. The van der Waals surface area contributed by atoms with E-state index in [1.807, 2.05) is 35.8 Å².